The average molecular weight is 331 g/mol. The van der Waals surface area contributed by atoms with Crippen molar-refractivity contribution >= 4 is 21.7 Å². The second-order valence-corrected chi connectivity index (χ2v) is 6.45. The summed E-state index contributed by atoms with van der Waals surface area (Å²) in [6, 6.07) is 13.1. The summed E-state index contributed by atoms with van der Waals surface area (Å²) < 4.78 is 1.04. The number of aromatic nitrogens is 1. The van der Waals surface area contributed by atoms with Crippen molar-refractivity contribution in [1.82, 2.24) is 4.98 Å². The number of piperidine rings is 1. The fourth-order valence-corrected chi connectivity index (χ4v) is 3.17. The zero-order valence-electron chi connectivity index (χ0n) is 11.7. The summed E-state index contributed by atoms with van der Waals surface area (Å²) in [5.74, 6) is 1.71. The molecule has 0 bridgehead atoms. The fraction of sp³-hybridized carbons (Fsp3) is 0.353. The Morgan fingerprint density at radius 1 is 1.25 bits per heavy atom. The maximum Gasteiger partial charge on any atom is 0.128 e. The Labute approximate surface area is 129 Å². The minimum Gasteiger partial charge on any atom is -0.356 e. The molecule has 1 aromatic carbocycles. The first-order valence-electron chi connectivity index (χ1n) is 7.15. The highest BCUT2D eigenvalue weighted by molar-refractivity contribution is 9.10. The van der Waals surface area contributed by atoms with E-state index in [1.807, 2.05) is 6.20 Å². The molecule has 1 aromatic heterocycles. The van der Waals surface area contributed by atoms with Gasteiger partial charge in [-0.05, 0) is 53.4 Å². The number of nitrogens with zero attached hydrogens (tertiary/aromatic N) is 2. The Kier molecular flexibility index (Phi) is 4.06. The van der Waals surface area contributed by atoms with Gasteiger partial charge in [0.15, 0.2) is 0 Å². The van der Waals surface area contributed by atoms with Gasteiger partial charge in [0.25, 0.3) is 0 Å². The minimum absolute atomic E-state index is 0.620. The van der Waals surface area contributed by atoms with Gasteiger partial charge in [-0.25, -0.2) is 4.98 Å². The van der Waals surface area contributed by atoms with Crippen LogP contribution in [0.15, 0.2) is 47.1 Å². The first-order chi connectivity index (χ1) is 9.72. The normalized spacial score (nSPS) is 19.1. The SMILES string of the molecule is Cc1cccc(C2CCCN(c3ccc(Br)cn3)C2)c1. The molecule has 1 saturated heterocycles. The number of benzene rings is 1. The third kappa shape index (κ3) is 3.04. The molecule has 1 atom stereocenters. The number of hydrogen-bond donors (Lipinski definition) is 0. The zero-order valence-corrected chi connectivity index (χ0v) is 13.3. The van der Waals surface area contributed by atoms with Crippen molar-refractivity contribution in [3.63, 3.8) is 0 Å². The number of rotatable bonds is 2. The summed E-state index contributed by atoms with van der Waals surface area (Å²) in [6.45, 7) is 4.34. The molecule has 2 nitrogen and oxygen atoms in total. The van der Waals surface area contributed by atoms with Crippen molar-refractivity contribution < 1.29 is 0 Å². The fourth-order valence-electron chi connectivity index (χ4n) is 2.94. The predicted octanol–water partition coefficient (Wildman–Crippen LogP) is 4.54. The molecule has 2 heterocycles. The van der Waals surface area contributed by atoms with Gasteiger partial charge in [0, 0.05) is 29.7 Å². The van der Waals surface area contributed by atoms with Crippen LogP contribution in [-0.4, -0.2) is 18.1 Å². The van der Waals surface area contributed by atoms with Gasteiger partial charge in [-0.2, -0.15) is 0 Å². The lowest BCUT2D eigenvalue weighted by Crippen LogP contribution is -2.34. The molecule has 0 spiro atoms. The summed E-state index contributed by atoms with van der Waals surface area (Å²) in [7, 11) is 0. The smallest absolute Gasteiger partial charge is 0.128 e. The number of anilines is 1. The van der Waals surface area contributed by atoms with Gasteiger partial charge in [0.1, 0.15) is 5.82 Å². The van der Waals surface area contributed by atoms with E-state index in [0.29, 0.717) is 5.92 Å². The molecule has 1 fully saturated rings. The monoisotopic (exact) mass is 330 g/mol. The predicted molar refractivity (Wildman–Crippen MR) is 87.3 cm³/mol. The van der Waals surface area contributed by atoms with E-state index in [1.165, 1.54) is 24.0 Å². The lowest BCUT2D eigenvalue weighted by molar-refractivity contribution is 0.507. The number of aryl methyl sites for hydroxylation is 1. The highest BCUT2D eigenvalue weighted by Gasteiger charge is 2.22. The molecule has 0 radical (unpaired) electrons. The van der Waals surface area contributed by atoms with Crippen LogP contribution in [-0.2, 0) is 0 Å². The van der Waals surface area contributed by atoms with Gasteiger partial charge in [-0.15, -0.1) is 0 Å². The van der Waals surface area contributed by atoms with Crippen molar-refractivity contribution in [3.8, 4) is 0 Å². The van der Waals surface area contributed by atoms with Gasteiger partial charge < -0.3 is 4.90 Å². The van der Waals surface area contributed by atoms with Gasteiger partial charge in [0.05, 0.1) is 0 Å². The van der Waals surface area contributed by atoms with Crippen molar-refractivity contribution in [1.29, 1.82) is 0 Å². The van der Waals surface area contributed by atoms with Crippen LogP contribution in [0.5, 0.6) is 0 Å². The topological polar surface area (TPSA) is 16.1 Å². The van der Waals surface area contributed by atoms with Gasteiger partial charge in [0.2, 0.25) is 0 Å². The quantitative estimate of drug-likeness (QED) is 0.803. The van der Waals surface area contributed by atoms with Gasteiger partial charge in [-0.3, -0.25) is 0 Å². The van der Waals surface area contributed by atoms with Gasteiger partial charge in [-0.1, -0.05) is 29.8 Å². The van der Waals surface area contributed by atoms with E-state index in [9.17, 15) is 0 Å². The summed E-state index contributed by atoms with van der Waals surface area (Å²) >= 11 is 3.44. The highest BCUT2D eigenvalue weighted by atomic mass is 79.9. The molecule has 20 heavy (non-hydrogen) atoms. The Morgan fingerprint density at radius 2 is 2.15 bits per heavy atom. The molecular weight excluding hydrogens is 312 g/mol. The van der Waals surface area contributed by atoms with Crippen LogP contribution in [0, 0.1) is 6.92 Å². The maximum absolute atomic E-state index is 4.53. The van der Waals surface area contributed by atoms with Crippen LogP contribution in [0.2, 0.25) is 0 Å². The van der Waals surface area contributed by atoms with Crippen molar-refractivity contribution in [3.05, 3.63) is 58.2 Å². The second kappa shape index (κ2) is 5.96. The molecule has 1 aliphatic rings. The van der Waals surface area contributed by atoms with E-state index in [0.717, 1.165) is 23.4 Å². The third-order valence-electron chi connectivity index (χ3n) is 3.97. The van der Waals surface area contributed by atoms with Crippen molar-refractivity contribution in [2.45, 2.75) is 25.7 Å². The molecule has 3 rings (SSSR count). The largest absolute Gasteiger partial charge is 0.356 e. The standard InChI is InChI=1S/C17H19BrN2/c1-13-4-2-5-14(10-13)15-6-3-9-20(12-15)17-8-7-16(18)11-19-17/h2,4-5,7-8,10-11,15H,3,6,9,12H2,1H3. The first-order valence-corrected chi connectivity index (χ1v) is 7.95. The number of hydrogen-bond acceptors (Lipinski definition) is 2. The summed E-state index contributed by atoms with van der Waals surface area (Å²) in [5.41, 5.74) is 2.81. The van der Waals surface area contributed by atoms with Crippen LogP contribution in [0.4, 0.5) is 5.82 Å². The Morgan fingerprint density at radius 3 is 2.90 bits per heavy atom. The van der Waals surface area contributed by atoms with Crippen LogP contribution in [0.1, 0.15) is 29.9 Å². The first kappa shape index (κ1) is 13.6. The molecule has 0 aliphatic carbocycles. The molecule has 104 valence electrons. The van der Waals surface area contributed by atoms with Crippen LogP contribution in [0.3, 0.4) is 0 Å². The molecule has 0 N–H and O–H groups in total. The van der Waals surface area contributed by atoms with E-state index in [-0.39, 0.29) is 0 Å². The summed E-state index contributed by atoms with van der Waals surface area (Å²) in [5, 5.41) is 0. The van der Waals surface area contributed by atoms with Crippen molar-refractivity contribution in [2.24, 2.45) is 0 Å². The molecule has 3 heteroatoms. The molecule has 0 saturated carbocycles. The van der Waals surface area contributed by atoms with E-state index < -0.39 is 0 Å². The van der Waals surface area contributed by atoms with Crippen molar-refractivity contribution in [2.75, 3.05) is 18.0 Å². The molecule has 0 amide bonds. The van der Waals surface area contributed by atoms with Crippen LogP contribution < -0.4 is 4.90 Å². The van der Waals surface area contributed by atoms with Crippen LogP contribution in [0.25, 0.3) is 0 Å². The Bertz CT molecular complexity index is 580. The minimum atomic E-state index is 0.620. The summed E-state index contributed by atoms with van der Waals surface area (Å²) in [6.07, 6.45) is 4.39. The molecule has 1 aliphatic heterocycles. The molecule has 2 aromatic rings. The van der Waals surface area contributed by atoms with Gasteiger partial charge >= 0.3 is 0 Å². The number of pyridine rings is 1. The number of halogens is 1. The maximum atomic E-state index is 4.53. The highest BCUT2D eigenvalue weighted by Crippen LogP contribution is 2.29. The van der Waals surface area contributed by atoms with E-state index >= 15 is 0 Å². The van der Waals surface area contributed by atoms with E-state index in [1.54, 1.807) is 0 Å². The van der Waals surface area contributed by atoms with Crippen LogP contribution >= 0.6 is 15.9 Å². The third-order valence-corrected chi connectivity index (χ3v) is 4.44. The average Bonchev–Trinajstić information content (AvgIpc) is 2.48. The lowest BCUT2D eigenvalue weighted by atomic mass is 9.90. The van der Waals surface area contributed by atoms with E-state index in [4.69, 9.17) is 0 Å². The Balaban J connectivity index is 1.78. The summed E-state index contributed by atoms with van der Waals surface area (Å²) in [4.78, 5) is 6.93. The molecular formula is C17H19BrN2. The zero-order chi connectivity index (χ0) is 13.9. The van der Waals surface area contributed by atoms with E-state index in [2.05, 4.69) is 69.1 Å². The molecule has 1 unspecified atom stereocenters. The second-order valence-electron chi connectivity index (χ2n) is 5.53. The Hall–Kier alpha value is -1.35. The lowest BCUT2D eigenvalue weighted by Gasteiger charge is -2.34.